The van der Waals surface area contributed by atoms with E-state index in [9.17, 15) is 5.11 Å². The molecule has 18 heavy (non-hydrogen) atoms. The summed E-state index contributed by atoms with van der Waals surface area (Å²) in [5.41, 5.74) is 7.15. The zero-order valence-corrected chi connectivity index (χ0v) is 11.9. The molecule has 1 aromatic carbocycles. The van der Waals surface area contributed by atoms with Gasteiger partial charge in [-0.1, -0.05) is 30.3 Å². The topological polar surface area (TPSA) is 58.3 Å². The quantitative estimate of drug-likeness (QED) is 0.745. The van der Waals surface area contributed by atoms with Crippen LogP contribution >= 0.6 is 24.8 Å². The molecule has 0 amide bonds. The molecule has 0 aliphatic heterocycles. The van der Waals surface area contributed by atoms with E-state index in [1.165, 1.54) is 18.4 Å². The van der Waals surface area contributed by atoms with Crippen LogP contribution in [0.3, 0.4) is 0 Å². The Labute approximate surface area is 121 Å². The standard InChI is InChI=1S/C13H20N2O.2ClH/c14-12(8-10-4-2-1-3-5-10)13(16)9-15-11-6-7-11;;/h1-5,11-13,15-16H,6-9,14H2;2*1H/t12?,13-;;/m1../s1. The predicted molar refractivity (Wildman–Crippen MR) is 79.6 cm³/mol. The molecule has 1 unspecified atom stereocenters. The number of hydrogen-bond donors (Lipinski definition) is 3. The van der Waals surface area contributed by atoms with Crippen LogP contribution in [0, 0.1) is 0 Å². The summed E-state index contributed by atoms with van der Waals surface area (Å²) < 4.78 is 0. The van der Waals surface area contributed by atoms with E-state index in [0.29, 0.717) is 12.6 Å². The van der Waals surface area contributed by atoms with Crippen LogP contribution in [0.2, 0.25) is 0 Å². The predicted octanol–water partition coefficient (Wildman–Crippen LogP) is 1.51. The van der Waals surface area contributed by atoms with E-state index in [1.54, 1.807) is 0 Å². The highest BCUT2D eigenvalue weighted by Gasteiger charge is 2.23. The fourth-order valence-corrected chi connectivity index (χ4v) is 1.75. The molecule has 5 heteroatoms. The number of aliphatic hydroxyl groups excluding tert-OH is 1. The van der Waals surface area contributed by atoms with Gasteiger partial charge in [-0.05, 0) is 24.8 Å². The van der Waals surface area contributed by atoms with Crippen molar-refractivity contribution >= 4 is 24.8 Å². The minimum absolute atomic E-state index is 0. The normalized spacial score (nSPS) is 17.2. The number of hydrogen-bond acceptors (Lipinski definition) is 3. The average molecular weight is 293 g/mol. The monoisotopic (exact) mass is 292 g/mol. The summed E-state index contributed by atoms with van der Waals surface area (Å²) in [5, 5.41) is 13.2. The molecule has 0 saturated heterocycles. The van der Waals surface area contributed by atoms with Gasteiger partial charge in [-0.2, -0.15) is 0 Å². The molecule has 2 rings (SSSR count). The Hall–Kier alpha value is -0.320. The summed E-state index contributed by atoms with van der Waals surface area (Å²) in [7, 11) is 0. The Morgan fingerprint density at radius 3 is 2.39 bits per heavy atom. The molecular formula is C13H22Cl2N2O. The molecule has 4 N–H and O–H groups in total. The number of aliphatic hydroxyl groups is 1. The van der Waals surface area contributed by atoms with Crippen LogP contribution in [-0.2, 0) is 6.42 Å². The largest absolute Gasteiger partial charge is 0.390 e. The lowest BCUT2D eigenvalue weighted by atomic mass is 10.0. The van der Waals surface area contributed by atoms with Gasteiger partial charge in [0.2, 0.25) is 0 Å². The van der Waals surface area contributed by atoms with Gasteiger partial charge in [-0.15, -0.1) is 24.8 Å². The van der Waals surface area contributed by atoms with E-state index >= 15 is 0 Å². The maximum absolute atomic E-state index is 9.87. The van der Waals surface area contributed by atoms with Crippen LogP contribution in [0.25, 0.3) is 0 Å². The van der Waals surface area contributed by atoms with Gasteiger partial charge >= 0.3 is 0 Å². The molecule has 0 spiro atoms. The van der Waals surface area contributed by atoms with E-state index in [2.05, 4.69) is 5.32 Å². The lowest BCUT2D eigenvalue weighted by Gasteiger charge is -2.19. The zero-order chi connectivity index (χ0) is 11.4. The lowest BCUT2D eigenvalue weighted by molar-refractivity contribution is 0.141. The van der Waals surface area contributed by atoms with E-state index < -0.39 is 6.10 Å². The summed E-state index contributed by atoms with van der Waals surface area (Å²) in [6.45, 7) is 0.610. The van der Waals surface area contributed by atoms with Crippen molar-refractivity contribution in [3.63, 3.8) is 0 Å². The molecule has 0 heterocycles. The molecule has 1 fully saturated rings. The van der Waals surface area contributed by atoms with Gasteiger partial charge in [0.25, 0.3) is 0 Å². The summed E-state index contributed by atoms with van der Waals surface area (Å²) in [6, 6.07) is 10.5. The van der Waals surface area contributed by atoms with Crippen LogP contribution in [0.4, 0.5) is 0 Å². The molecule has 0 radical (unpaired) electrons. The maximum atomic E-state index is 9.87. The van der Waals surface area contributed by atoms with E-state index in [1.807, 2.05) is 30.3 Å². The molecule has 1 saturated carbocycles. The van der Waals surface area contributed by atoms with Crippen molar-refractivity contribution in [1.29, 1.82) is 0 Å². The van der Waals surface area contributed by atoms with Gasteiger partial charge in [0, 0.05) is 18.6 Å². The van der Waals surface area contributed by atoms with Gasteiger partial charge in [0.1, 0.15) is 0 Å². The van der Waals surface area contributed by atoms with Crippen molar-refractivity contribution in [2.24, 2.45) is 5.73 Å². The molecule has 0 aromatic heterocycles. The second kappa shape index (κ2) is 8.73. The average Bonchev–Trinajstić information content (AvgIpc) is 3.11. The fraction of sp³-hybridized carbons (Fsp3) is 0.538. The molecule has 104 valence electrons. The van der Waals surface area contributed by atoms with Crippen LogP contribution in [0.15, 0.2) is 30.3 Å². The van der Waals surface area contributed by atoms with Crippen LogP contribution in [0.5, 0.6) is 0 Å². The van der Waals surface area contributed by atoms with Crippen molar-refractivity contribution in [3.8, 4) is 0 Å². The molecule has 1 aromatic rings. The SMILES string of the molecule is Cl.Cl.NC(Cc1ccccc1)[C@H](O)CNC1CC1. The van der Waals surface area contributed by atoms with Gasteiger partial charge in [0.05, 0.1) is 6.10 Å². The minimum atomic E-state index is -0.458. The zero-order valence-electron chi connectivity index (χ0n) is 10.3. The van der Waals surface area contributed by atoms with E-state index in [4.69, 9.17) is 5.73 Å². The number of halogens is 2. The van der Waals surface area contributed by atoms with Crippen molar-refractivity contribution in [2.45, 2.75) is 37.5 Å². The second-order valence-corrected chi connectivity index (χ2v) is 4.60. The van der Waals surface area contributed by atoms with Crippen molar-refractivity contribution < 1.29 is 5.11 Å². The highest BCUT2D eigenvalue weighted by Crippen LogP contribution is 2.18. The second-order valence-electron chi connectivity index (χ2n) is 4.60. The summed E-state index contributed by atoms with van der Waals surface area (Å²) in [4.78, 5) is 0. The van der Waals surface area contributed by atoms with E-state index in [0.717, 1.165) is 6.42 Å². The Balaban J connectivity index is 0.00000144. The molecule has 0 bridgehead atoms. The molecular weight excluding hydrogens is 271 g/mol. The van der Waals surface area contributed by atoms with Gasteiger partial charge in [-0.3, -0.25) is 0 Å². The first-order valence-corrected chi connectivity index (χ1v) is 5.96. The van der Waals surface area contributed by atoms with Gasteiger partial charge in [-0.25, -0.2) is 0 Å². The highest BCUT2D eigenvalue weighted by atomic mass is 35.5. The Morgan fingerprint density at radius 2 is 1.83 bits per heavy atom. The van der Waals surface area contributed by atoms with Gasteiger partial charge < -0.3 is 16.2 Å². The molecule has 1 aliphatic rings. The third kappa shape index (κ3) is 6.03. The fourth-order valence-electron chi connectivity index (χ4n) is 1.75. The number of benzene rings is 1. The number of rotatable bonds is 6. The summed E-state index contributed by atoms with van der Waals surface area (Å²) in [5.74, 6) is 0. The number of nitrogens with one attached hydrogen (secondary N) is 1. The summed E-state index contributed by atoms with van der Waals surface area (Å²) in [6.07, 6.45) is 2.75. The summed E-state index contributed by atoms with van der Waals surface area (Å²) >= 11 is 0. The highest BCUT2D eigenvalue weighted by molar-refractivity contribution is 5.85. The molecule has 2 atom stereocenters. The molecule has 3 nitrogen and oxygen atoms in total. The van der Waals surface area contributed by atoms with Gasteiger partial charge in [0.15, 0.2) is 0 Å². The number of nitrogens with two attached hydrogens (primary N) is 1. The van der Waals surface area contributed by atoms with E-state index in [-0.39, 0.29) is 30.9 Å². The van der Waals surface area contributed by atoms with Crippen LogP contribution in [0.1, 0.15) is 18.4 Å². The van der Waals surface area contributed by atoms with Crippen molar-refractivity contribution in [2.75, 3.05) is 6.54 Å². The van der Waals surface area contributed by atoms with Crippen molar-refractivity contribution in [1.82, 2.24) is 5.32 Å². The van der Waals surface area contributed by atoms with Crippen molar-refractivity contribution in [3.05, 3.63) is 35.9 Å². The lowest BCUT2D eigenvalue weighted by Crippen LogP contribution is -2.43. The molecule has 1 aliphatic carbocycles. The Morgan fingerprint density at radius 1 is 1.22 bits per heavy atom. The first-order valence-electron chi connectivity index (χ1n) is 5.96. The smallest absolute Gasteiger partial charge is 0.0818 e. The third-order valence-electron chi connectivity index (χ3n) is 3.00. The van der Waals surface area contributed by atoms with Crippen LogP contribution < -0.4 is 11.1 Å². The first kappa shape index (κ1) is 17.7. The van der Waals surface area contributed by atoms with Crippen LogP contribution in [-0.4, -0.2) is 29.8 Å². The Bertz CT molecular complexity index is 320. The first-order chi connectivity index (χ1) is 7.75. The third-order valence-corrected chi connectivity index (χ3v) is 3.00. The Kier molecular flexibility index (Phi) is 8.57. The maximum Gasteiger partial charge on any atom is 0.0818 e. The minimum Gasteiger partial charge on any atom is -0.390 e.